The van der Waals surface area contributed by atoms with Crippen LogP contribution in [-0.2, 0) is 0 Å². The van der Waals surface area contributed by atoms with Crippen LogP contribution in [0, 0.1) is 34.6 Å². The summed E-state index contributed by atoms with van der Waals surface area (Å²) in [6.07, 6.45) is 4.02. The van der Waals surface area contributed by atoms with E-state index in [1.165, 1.54) is 49.2 Å². The molecule has 4 heteroatoms. The van der Waals surface area contributed by atoms with E-state index in [9.17, 15) is 0 Å². The molecule has 0 aliphatic carbocycles. The molecule has 2 aromatic heterocycles. The van der Waals surface area contributed by atoms with Crippen LogP contribution in [0.3, 0.4) is 0 Å². The van der Waals surface area contributed by atoms with Crippen molar-refractivity contribution in [3.63, 3.8) is 0 Å². The summed E-state index contributed by atoms with van der Waals surface area (Å²) in [5.74, 6) is 0.847. The minimum absolute atomic E-state index is 0.828. The number of aryl methyl sites for hydroxylation is 5. The number of hydrogen-bond donors (Lipinski definition) is 0. The first kappa shape index (κ1) is 38.4. The SMILES string of the molecule is C=Cc1c(/C(C)=C\C)oc2c(N(c3ccc(C)c(C)c3)c3ccc4ccc5c(N(c6ccc(C)c(C)c6)c6cccc7c6oc6c(C)cccc67)ccc6ccc3c4c65)cccc12. The van der Waals surface area contributed by atoms with Crippen LogP contribution in [0.5, 0.6) is 0 Å². The molecule has 11 aromatic rings. The van der Waals surface area contributed by atoms with Crippen molar-refractivity contribution >= 4 is 111 Å². The Balaban J connectivity index is 1.20. The van der Waals surface area contributed by atoms with Crippen LogP contribution in [0.4, 0.5) is 34.1 Å². The Hall–Kier alpha value is -7.56. The van der Waals surface area contributed by atoms with Crippen LogP contribution in [-0.4, -0.2) is 0 Å². The van der Waals surface area contributed by atoms with Gasteiger partial charge in [-0.15, -0.1) is 0 Å². The average Bonchev–Trinajstić information content (AvgIpc) is 3.89. The Morgan fingerprint density at radius 3 is 1.48 bits per heavy atom. The highest BCUT2D eigenvalue weighted by atomic mass is 16.3. The van der Waals surface area contributed by atoms with E-state index in [4.69, 9.17) is 8.83 Å². The number of nitrogens with zero attached hydrogens (tertiary/aromatic N) is 2. The summed E-state index contributed by atoms with van der Waals surface area (Å²) in [6, 6.07) is 51.2. The number of hydrogen-bond acceptors (Lipinski definition) is 4. The molecule has 0 fully saturated rings. The summed E-state index contributed by atoms with van der Waals surface area (Å²) in [5, 5.41) is 10.4. The first-order chi connectivity index (χ1) is 30.6. The Labute approximate surface area is 367 Å². The first-order valence-electron chi connectivity index (χ1n) is 21.8. The van der Waals surface area contributed by atoms with Crippen LogP contribution in [0.2, 0.25) is 0 Å². The molecular weight excluding hydrogens is 769 g/mol. The van der Waals surface area contributed by atoms with Crippen LogP contribution < -0.4 is 9.80 Å². The second kappa shape index (κ2) is 14.5. The van der Waals surface area contributed by atoms with E-state index in [1.807, 2.05) is 6.08 Å². The van der Waals surface area contributed by atoms with Gasteiger partial charge in [-0.3, -0.25) is 0 Å². The van der Waals surface area contributed by atoms with Crippen LogP contribution in [0.15, 0.2) is 161 Å². The Kier molecular flexibility index (Phi) is 8.85. The van der Waals surface area contributed by atoms with E-state index >= 15 is 0 Å². The third-order valence-corrected chi connectivity index (χ3v) is 13.5. The molecule has 0 atom stereocenters. The van der Waals surface area contributed by atoms with Gasteiger partial charge in [-0.25, -0.2) is 0 Å². The predicted molar refractivity (Wildman–Crippen MR) is 270 cm³/mol. The van der Waals surface area contributed by atoms with Gasteiger partial charge in [0.15, 0.2) is 11.2 Å². The Morgan fingerprint density at radius 1 is 0.460 bits per heavy atom. The van der Waals surface area contributed by atoms with E-state index in [1.54, 1.807) is 0 Å². The normalized spacial score (nSPS) is 12.2. The largest absolute Gasteiger partial charge is 0.454 e. The molecule has 2 heterocycles. The van der Waals surface area contributed by atoms with Gasteiger partial charge in [-0.2, -0.15) is 0 Å². The zero-order valence-corrected chi connectivity index (χ0v) is 36.9. The second-order valence-corrected chi connectivity index (χ2v) is 17.2. The summed E-state index contributed by atoms with van der Waals surface area (Å²) in [6.45, 7) is 19.2. The van der Waals surface area contributed by atoms with E-state index < -0.39 is 0 Å². The van der Waals surface area contributed by atoms with Crippen LogP contribution in [0.25, 0.3) is 76.9 Å². The smallest absolute Gasteiger partial charge is 0.159 e. The molecule has 0 radical (unpaired) electrons. The summed E-state index contributed by atoms with van der Waals surface area (Å²) in [5.41, 5.74) is 17.1. The minimum Gasteiger partial charge on any atom is -0.454 e. The molecule has 306 valence electrons. The van der Waals surface area contributed by atoms with Gasteiger partial charge in [-0.05, 0) is 152 Å². The van der Waals surface area contributed by atoms with Crippen molar-refractivity contribution in [3.05, 3.63) is 191 Å². The van der Waals surface area contributed by atoms with Crippen molar-refractivity contribution in [2.45, 2.75) is 48.5 Å². The quantitative estimate of drug-likeness (QED) is 0.143. The molecule has 0 aliphatic rings. The van der Waals surface area contributed by atoms with E-state index in [-0.39, 0.29) is 0 Å². The minimum atomic E-state index is 0.828. The average molecular weight is 817 g/mol. The van der Waals surface area contributed by atoms with Gasteiger partial charge in [0.2, 0.25) is 0 Å². The number of anilines is 6. The van der Waals surface area contributed by atoms with E-state index in [0.717, 1.165) is 94.9 Å². The van der Waals surface area contributed by atoms with Gasteiger partial charge in [0.1, 0.15) is 11.3 Å². The van der Waals surface area contributed by atoms with Crippen LogP contribution >= 0.6 is 0 Å². The standard InChI is InChI=1S/C59H48N2O2/c1-9-34(3)56-44(10-2)45-16-12-18-52(58(45)62-56)60(42-26-20-35(4)38(7)32-42)50-30-24-40-23-29-49-51(31-25-41-22-28-48(50)54(40)55(41)49)61(43-27-21-36(5)39(8)33-43)53-19-13-17-47-46-15-11-14-37(6)57(46)63-59(47)53/h9-33H,2H2,1,3-8H3/b34-9-. The molecule has 4 nitrogen and oxygen atoms in total. The number of fused-ring (bicyclic) bond motifs is 4. The number of rotatable bonds is 8. The second-order valence-electron chi connectivity index (χ2n) is 17.2. The highest BCUT2D eigenvalue weighted by Gasteiger charge is 2.26. The molecule has 0 saturated heterocycles. The molecule has 0 saturated carbocycles. The monoisotopic (exact) mass is 816 g/mol. The third-order valence-electron chi connectivity index (χ3n) is 13.5. The number of allylic oxidation sites excluding steroid dienone is 2. The highest BCUT2D eigenvalue weighted by Crippen LogP contribution is 2.50. The molecule has 11 rings (SSSR count). The molecule has 9 aromatic carbocycles. The molecular formula is C59H48N2O2. The molecule has 0 amide bonds. The lowest BCUT2D eigenvalue weighted by Gasteiger charge is -2.29. The van der Waals surface area contributed by atoms with Gasteiger partial charge in [-0.1, -0.05) is 110 Å². The van der Waals surface area contributed by atoms with Gasteiger partial charge >= 0.3 is 0 Å². The van der Waals surface area contributed by atoms with Gasteiger partial charge in [0.25, 0.3) is 0 Å². The van der Waals surface area contributed by atoms with Crippen molar-refractivity contribution in [2.24, 2.45) is 0 Å². The Morgan fingerprint density at radius 2 is 0.952 bits per heavy atom. The summed E-state index contributed by atoms with van der Waals surface area (Å²) < 4.78 is 13.7. The number of benzene rings is 9. The lowest BCUT2D eigenvalue weighted by Crippen LogP contribution is -2.12. The maximum Gasteiger partial charge on any atom is 0.159 e. The van der Waals surface area contributed by atoms with Crippen molar-refractivity contribution in [3.8, 4) is 0 Å². The van der Waals surface area contributed by atoms with Gasteiger partial charge in [0.05, 0.1) is 22.7 Å². The zero-order chi connectivity index (χ0) is 43.3. The molecule has 0 unspecified atom stereocenters. The van der Waals surface area contributed by atoms with Gasteiger partial charge < -0.3 is 18.6 Å². The van der Waals surface area contributed by atoms with E-state index in [0.29, 0.717) is 0 Å². The lowest BCUT2D eigenvalue weighted by atomic mass is 9.91. The van der Waals surface area contributed by atoms with Gasteiger partial charge in [0, 0.05) is 43.9 Å². The molecule has 0 N–H and O–H groups in total. The third kappa shape index (κ3) is 5.82. The van der Waals surface area contributed by atoms with Crippen molar-refractivity contribution in [2.75, 3.05) is 9.80 Å². The van der Waals surface area contributed by atoms with Crippen molar-refractivity contribution in [1.29, 1.82) is 0 Å². The molecule has 0 spiro atoms. The summed E-state index contributed by atoms with van der Waals surface area (Å²) in [7, 11) is 0. The van der Waals surface area contributed by atoms with E-state index in [2.05, 4.69) is 210 Å². The first-order valence-corrected chi connectivity index (χ1v) is 21.8. The number of para-hydroxylation sites is 3. The maximum absolute atomic E-state index is 6.88. The fourth-order valence-electron chi connectivity index (χ4n) is 9.75. The lowest BCUT2D eigenvalue weighted by molar-refractivity contribution is 0.598. The van der Waals surface area contributed by atoms with Crippen molar-refractivity contribution < 1.29 is 8.83 Å². The highest BCUT2D eigenvalue weighted by molar-refractivity contribution is 6.28. The maximum atomic E-state index is 6.88. The zero-order valence-electron chi connectivity index (χ0n) is 36.9. The topological polar surface area (TPSA) is 32.8 Å². The number of furan rings is 2. The Bertz CT molecular complexity index is 3690. The fourth-order valence-corrected chi connectivity index (χ4v) is 9.75. The molecule has 0 aliphatic heterocycles. The summed E-state index contributed by atoms with van der Waals surface area (Å²) in [4.78, 5) is 4.79. The fraction of sp³-hybridized carbons (Fsp3) is 0.119. The molecule has 0 bridgehead atoms. The van der Waals surface area contributed by atoms with Crippen LogP contribution in [0.1, 0.15) is 53.0 Å². The van der Waals surface area contributed by atoms with Crippen molar-refractivity contribution in [1.82, 2.24) is 0 Å². The molecule has 63 heavy (non-hydrogen) atoms. The summed E-state index contributed by atoms with van der Waals surface area (Å²) >= 11 is 0. The predicted octanol–water partition coefficient (Wildman–Crippen LogP) is 17.8.